The number of hydrogen-bond acceptors (Lipinski definition) is 2. The van der Waals surface area contributed by atoms with E-state index in [-0.39, 0.29) is 18.0 Å². The molecule has 0 bridgehead atoms. The highest BCUT2D eigenvalue weighted by atomic mass is 19.4. The zero-order valence-electron chi connectivity index (χ0n) is 15.2. The standard InChI is InChI=1S/C21H20F3N3O/c22-21(23,24)17-7-3-1-6-16(17)14-26-9-11-27(12-10-26)20(28)19-13-15-5-2-4-8-18(15)25-19/h1-8,13,25H,9-12,14H2. The molecule has 1 fully saturated rings. The van der Waals surface area contributed by atoms with Gasteiger partial charge < -0.3 is 9.88 Å². The number of aromatic nitrogens is 1. The van der Waals surface area contributed by atoms with Crippen LogP contribution in [0.4, 0.5) is 13.2 Å². The summed E-state index contributed by atoms with van der Waals surface area (Å²) < 4.78 is 39.5. The van der Waals surface area contributed by atoms with Crippen LogP contribution in [0.2, 0.25) is 0 Å². The predicted molar refractivity (Wildman–Crippen MR) is 101 cm³/mol. The number of piperazine rings is 1. The molecular formula is C21H20F3N3O. The van der Waals surface area contributed by atoms with Gasteiger partial charge >= 0.3 is 6.18 Å². The number of nitrogens with one attached hydrogen (secondary N) is 1. The van der Waals surface area contributed by atoms with Crippen LogP contribution in [0.5, 0.6) is 0 Å². The van der Waals surface area contributed by atoms with E-state index in [0.29, 0.717) is 31.9 Å². The summed E-state index contributed by atoms with van der Waals surface area (Å²) in [4.78, 5) is 19.6. The molecule has 0 aliphatic carbocycles. The Labute approximate surface area is 160 Å². The number of hydrogen-bond donors (Lipinski definition) is 1. The van der Waals surface area contributed by atoms with Gasteiger partial charge in [0, 0.05) is 43.6 Å². The molecule has 0 radical (unpaired) electrons. The van der Waals surface area contributed by atoms with E-state index in [4.69, 9.17) is 0 Å². The van der Waals surface area contributed by atoms with E-state index >= 15 is 0 Å². The number of halogens is 3. The van der Waals surface area contributed by atoms with Crippen molar-refractivity contribution in [1.82, 2.24) is 14.8 Å². The van der Waals surface area contributed by atoms with Crippen molar-refractivity contribution in [2.75, 3.05) is 26.2 Å². The Morgan fingerprint density at radius 2 is 1.64 bits per heavy atom. The third kappa shape index (κ3) is 3.75. The molecule has 0 atom stereocenters. The van der Waals surface area contributed by atoms with Crippen LogP contribution in [0.15, 0.2) is 54.6 Å². The van der Waals surface area contributed by atoms with Crippen LogP contribution in [0.1, 0.15) is 21.6 Å². The second kappa shape index (κ2) is 7.31. The highest BCUT2D eigenvalue weighted by Gasteiger charge is 2.33. The van der Waals surface area contributed by atoms with E-state index < -0.39 is 11.7 Å². The summed E-state index contributed by atoms with van der Waals surface area (Å²) in [6, 6.07) is 15.2. The number of alkyl halides is 3. The van der Waals surface area contributed by atoms with Crippen molar-refractivity contribution < 1.29 is 18.0 Å². The van der Waals surface area contributed by atoms with E-state index in [1.54, 1.807) is 11.0 Å². The summed E-state index contributed by atoms with van der Waals surface area (Å²) in [5.74, 6) is -0.0773. The van der Waals surface area contributed by atoms with E-state index in [9.17, 15) is 18.0 Å². The molecule has 1 aliphatic rings. The molecule has 28 heavy (non-hydrogen) atoms. The second-order valence-electron chi connectivity index (χ2n) is 6.99. The van der Waals surface area contributed by atoms with Gasteiger partial charge in [0.15, 0.2) is 0 Å². The van der Waals surface area contributed by atoms with Gasteiger partial charge in [0.25, 0.3) is 5.91 Å². The number of fused-ring (bicyclic) bond motifs is 1. The highest BCUT2D eigenvalue weighted by Crippen LogP contribution is 2.32. The van der Waals surface area contributed by atoms with E-state index in [1.807, 2.05) is 35.2 Å². The number of amides is 1. The summed E-state index contributed by atoms with van der Waals surface area (Å²) >= 11 is 0. The number of benzene rings is 2. The van der Waals surface area contributed by atoms with Crippen LogP contribution < -0.4 is 0 Å². The molecule has 1 aromatic heterocycles. The Morgan fingerprint density at radius 3 is 2.36 bits per heavy atom. The van der Waals surface area contributed by atoms with Crippen molar-refractivity contribution in [3.63, 3.8) is 0 Å². The predicted octanol–water partition coefficient (Wildman–Crippen LogP) is 4.14. The normalized spacial score (nSPS) is 15.9. The average Bonchev–Trinajstić information content (AvgIpc) is 3.12. The topological polar surface area (TPSA) is 39.3 Å². The van der Waals surface area contributed by atoms with Crippen LogP contribution in [0, 0.1) is 0 Å². The van der Waals surface area contributed by atoms with Crippen LogP contribution in [0.3, 0.4) is 0 Å². The van der Waals surface area contributed by atoms with Gasteiger partial charge in [-0.1, -0.05) is 36.4 Å². The molecule has 2 heterocycles. The zero-order chi connectivity index (χ0) is 19.7. The lowest BCUT2D eigenvalue weighted by atomic mass is 10.1. The molecule has 7 heteroatoms. The van der Waals surface area contributed by atoms with Crippen LogP contribution in [-0.4, -0.2) is 46.9 Å². The molecule has 146 valence electrons. The Balaban J connectivity index is 1.40. The molecule has 2 aromatic carbocycles. The first-order valence-electron chi connectivity index (χ1n) is 9.16. The lowest BCUT2D eigenvalue weighted by Crippen LogP contribution is -2.48. The van der Waals surface area contributed by atoms with Gasteiger partial charge in [0.05, 0.1) is 5.56 Å². The fourth-order valence-electron chi connectivity index (χ4n) is 3.64. The minimum absolute atomic E-state index is 0.0773. The van der Waals surface area contributed by atoms with Gasteiger partial charge in [-0.2, -0.15) is 13.2 Å². The molecule has 0 saturated carbocycles. The van der Waals surface area contributed by atoms with Gasteiger partial charge in [-0.05, 0) is 23.8 Å². The summed E-state index contributed by atoms with van der Waals surface area (Å²) in [5.41, 5.74) is 1.13. The first kappa shape index (κ1) is 18.6. The summed E-state index contributed by atoms with van der Waals surface area (Å²) in [6.07, 6.45) is -4.36. The van der Waals surface area contributed by atoms with Crippen molar-refractivity contribution in [2.24, 2.45) is 0 Å². The maximum atomic E-state index is 13.2. The van der Waals surface area contributed by atoms with Crippen molar-refractivity contribution in [3.05, 3.63) is 71.4 Å². The Kier molecular flexibility index (Phi) is 4.85. The molecule has 1 aliphatic heterocycles. The monoisotopic (exact) mass is 387 g/mol. The minimum atomic E-state index is -4.36. The van der Waals surface area contributed by atoms with Gasteiger partial charge in [0.1, 0.15) is 5.69 Å². The van der Waals surface area contributed by atoms with Crippen LogP contribution >= 0.6 is 0 Å². The maximum absolute atomic E-state index is 13.2. The highest BCUT2D eigenvalue weighted by molar-refractivity contribution is 5.98. The lowest BCUT2D eigenvalue weighted by molar-refractivity contribution is -0.138. The second-order valence-corrected chi connectivity index (χ2v) is 6.99. The molecular weight excluding hydrogens is 367 g/mol. The summed E-state index contributed by atoms with van der Waals surface area (Å²) in [6.45, 7) is 2.28. The fourth-order valence-corrected chi connectivity index (χ4v) is 3.64. The maximum Gasteiger partial charge on any atom is 0.416 e. The number of rotatable bonds is 3. The van der Waals surface area contributed by atoms with Crippen molar-refractivity contribution in [3.8, 4) is 0 Å². The molecule has 1 saturated heterocycles. The number of carbonyl (C=O) groups is 1. The number of aromatic amines is 1. The van der Waals surface area contributed by atoms with Crippen molar-refractivity contribution in [1.29, 1.82) is 0 Å². The number of H-pyrrole nitrogens is 1. The Morgan fingerprint density at radius 1 is 0.964 bits per heavy atom. The SMILES string of the molecule is O=C(c1cc2ccccc2[nH]1)N1CCN(Cc2ccccc2C(F)(F)F)CC1. The van der Waals surface area contributed by atoms with Gasteiger partial charge in [0.2, 0.25) is 0 Å². The third-order valence-corrected chi connectivity index (χ3v) is 5.14. The van der Waals surface area contributed by atoms with Crippen molar-refractivity contribution >= 4 is 16.8 Å². The van der Waals surface area contributed by atoms with Crippen LogP contribution in [0.25, 0.3) is 10.9 Å². The molecule has 0 unspecified atom stereocenters. The molecule has 1 amide bonds. The van der Waals surface area contributed by atoms with Gasteiger partial charge in [-0.25, -0.2) is 0 Å². The number of para-hydroxylation sites is 1. The van der Waals surface area contributed by atoms with Crippen molar-refractivity contribution in [2.45, 2.75) is 12.7 Å². The van der Waals surface area contributed by atoms with Gasteiger partial charge in [-0.15, -0.1) is 0 Å². The van der Waals surface area contributed by atoms with E-state index in [1.165, 1.54) is 12.1 Å². The molecule has 1 N–H and O–H groups in total. The fraction of sp³-hybridized carbons (Fsp3) is 0.286. The smallest absolute Gasteiger partial charge is 0.351 e. The van der Waals surface area contributed by atoms with E-state index in [2.05, 4.69) is 4.98 Å². The van der Waals surface area contributed by atoms with Gasteiger partial charge in [-0.3, -0.25) is 9.69 Å². The zero-order valence-corrected chi connectivity index (χ0v) is 15.2. The third-order valence-electron chi connectivity index (χ3n) is 5.14. The number of nitrogens with zero attached hydrogens (tertiary/aromatic N) is 2. The Bertz CT molecular complexity index is 955. The summed E-state index contributed by atoms with van der Waals surface area (Å²) in [7, 11) is 0. The number of carbonyl (C=O) groups excluding carboxylic acids is 1. The lowest BCUT2D eigenvalue weighted by Gasteiger charge is -2.35. The largest absolute Gasteiger partial charge is 0.416 e. The molecule has 4 nitrogen and oxygen atoms in total. The Hall–Kier alpha value is -2.80. The average molecular weight is 387 g/mol. The van der Waals surface area contributed by atoms with Crippen LogP contribution in [-0.2, 0) is 12.7 Å². The minimum Gasteiger partial charge on any atom is -0.351 e. The quantitative estimate of drug-likeness (QED) is 0.734. The molecule has 4 rings (SSSR count). The molecule has 0 spiro atoms. The summed E-state index contributed by atoms with van der Waals surface area (Å²) in [5, 5.41) is 0.980. The van der Waals surface area contributed by atoms with E-state index in [0.717, 1.165) is 17.0 Å². The first-order valence-corrected chi connectivity index (χ1v) is 9.16. The first-order chi connectivity index (χ1) is 13.4. The molecule has 3 aromatic rings.